The Labute approximate surface area is 112 Å². The van der Waals surface area contributed by atoms with Crippen molar-refractivity contribution in [2.24, 2.45) is 0 Å². The van der Waals surface area contributed by atoms with Crippen molar-refractivity contribution in [3.05, 3.63) is 42.1 Å². The van der Waals surface area contributed by atoms with E-state index in [1.807, 2.05) is 30.3 Å². The van der Waals surface area contributed by atoms with E-state index in [-0.39, 0.29) is 0 Å². The maximum absolute atomic E-state index is 5.67. The molecule has 1 N–H and O–H groups in total. The minimum Gasteiger partial charge on any atom is -0.484 e. The lowest BCUT2D eigenvalue weighted by molar-refractivity contribution is 0.253. The minimum atomic E-state index is 0.321. The van der Waals surface area contributed by atoms with Crippen LogP contribution in [0.15, 0.2) is 34.7 Å². The zero-order valence-corrected chi connectivity index (χ0v) is 10.7. The highest BCUT2D eigenvalue weighted by molar-refractivity contribution is 5.20. The Morgan fingerprint density at radius 2 is 1.95 bits per heavy atom. The van der Waals surface area contributed by atoms with Crippen molar-refractivity contribution < 1.29 is 9.15 Å². The van der Waals surface area contributed by atoms with Gasteiger partial charge in [-0.25, -0.2) is 0 Å². The van der Waals surface area contributed by atoms with Crippen LogP contribution >= 0.6 is 0 Å². The first-order chi connectivity index (χ1) is 9.42. The second-order valence-corrected chi connectivity index (χ2v) is 4.66. The van der Waals surface area contributed by atoms with Crippen molar-refractivity contribution in [3.8, 4) is 5.75 Å². The van der Waals surface area contributed by atoms with E-state index in [4.69, 9.17) is 9.15 Å². The first kappa shape index (κ1) is 12.2. The van der Waals surface area contributed by atoms with Gasteiger partial charge in [0.2, 0.25) is 5.89 Å². The molecule has 0 spiro atoms. The van der Waals surface area contributed by atoms with Gasteiger partial charge in [-0.05, 0) is 38.1 Å². The number of nitrogens with one attached hydrogen (secondary N) is 1. The predicted octanol–water partition coefficient (Wildman–Crippen LogP) is 2.12. The Kier molecular flexibility index (Phi) is 3.74. The van der Waals surface area contributed by atoms with Crippen LogP contribution in [0.4, 0.5) is 0 Å². The number of rotatable bonds is 4. The molecule has 1 aliphatic rings. The van der Waals surface area contributed by atoms with Crippen molar-refractivity contribution >= 4 is 0 Å². The molecule has 2 aromatic rings. The molecule has 19 heavy (non-hydrogen) atoms. The minimum absolute atomic E-state index is 0.321. The van der Waals surface area contributed by atoms with Gasteiger partial charge in [-0.15, -0.1) is 10.2 Å². The lowest BCUT2D eigenvalue weighted by Gasteiger charge is -2.18. The summed E-state index contributed by atoms with van der Waals surface area (Å²) in [6.07, 6.45) is 2.11. The highest BCUT2D eigenvalue weighted by atomic mass is 16.5. The first-order valence-electron chi connectivity index (χ1n) is 6.62. The van der Waals surface area contributed by atoms with E-state index in [1.54, 1.807) is 0 Å². The molecule has 3 rings (SSSR count). The molecule has 0 atom stereocenters. The summed E-state index contributed by atoms with van der Waals surface area (Å²) in [6.45, 7) is 2.35. The van der Waals surface area contributed by atoms with Gasteiger partial charge >= 0.3 is 0 Å². The summed E-state index contributed by atoms with van der Waals surface area (Å²) >= 11 is 0. The smallest absolute Gasteiger partial charge is 0.253 e. The van der Waals surface area contributed by atoms with Gasteiger partial charge in [0.25, 0.3) is 5.89 Å². The van der Waals surface area contributed by atoms with Crippen LogP contribution in [-0.2, 0) is 6.61 Å². The molecule has 5 nitrogen and oxygen atoms in total. The molecule has 0 radical (unpaired) electrons. The van der Waals surface area contributed by atoms with Crippen LogP contribution in [0, 0.1) is 0 Å². The van der Waals surface area contributed by atoms with Crippen molar-refractivity contribution in [3.63, 3.8) is 0 Å². The highest BCUT2D eigenvalue weighted by Gasteiger charge is 2.21. The molecular weight excluding hydrogens is 242 g/mol. The fraction of sp³-hybridized carbons (Fsp3) is 0.429. The second kappa shape index (κ2) is 5.84. The third-order valence-electron chi connectivity index (χ3n) is 3.28. The lowest BCUT2D eigenvalue weighted by atomic mass is 9.98. The van der Waals surface area contributed by atoms with Crippen molar-refractivity contribution in [1.29, 1.82) is 0 Å². The molecule has 0 amide bonds. The molecule has 1 aromatic heterocycles. The molecule has 1 aromatic carbocycles. The van der Waals surface area contributed by atoms with Gasteiger partial charge in [0.05, 0.1) is 0 Å². The van der Waals surface area contributed by atoms with E-state index >= 15 is 0 Å². The number of benzene rings is 1. The molecule has 0 aliphatic carbocycles. The number of piperidine rings is 1. The average molecular weight is 259 g/mol. The van der Waals surface area contributed by atoms with Gasteiger partial charge in [0, 0.05) is 5.92 Å². The normalized spacial score (nSPS) is 16.4. The van der Waals surface area contributed by atoms with E-state index in [0.717, 1.165) is 37.6 Å². The standard InChI is InChI=1S/C14H17N3O2/c1-2-4-12(5-3-1)18-10-13-16-17-14(19-13)11-6-8-15-9-7-11/h1-5,11,15H,6-10H2. The topological polar surface area (TPSA) is 60.2 Å². The van der Waals surface area contributed by atoms with Crippen LogP contribution in [0.25, 0.3) is 0 Å². The maximum atomic E-state index is 5.67. The highest BCUT2D eigenvalue weighted by Crippen LogP contribution is 2.24. The predicted molar refractivity (Wildman–Crippen MR) is 69.9 cm³/mol. The van der Waals surface area contributed by atoms with Gasteiger partial charge in [-0.3, -0.25) is 0 Å². The summed E-state index contributed by atoms with van der Waals surface area (Å²) in [6, 6.07) is 9.64. The van der Waals surface area contributed by atoms with E-state index in [1.165, 1.54) is 0 Å². The van der Waals surface area contributed by atoms with E-state index in [2.05, 4.69) is 15.5 Å². The quantitative estimate of drug-likeness (QED) is 0.911. The van der Waals surface area contributed by atoms with E-state index in [9.17, 15) is 0 Å². The summed E-state index contributed by atoms with van der Waals surface area (Å²) in [7, 11) is 0. The Morgan fingerprint density at radius 1 is 1.16 bits per heavy atom. The molecule has 0 bridgehead atoms. The Hall–Kier alpha value is -1.88. The summed E-state index contributed by atoms with van der Waals surface area (Å²) < 4.78 is 11.3. The number of ether oxygens (including phenoxy) is 1. The number of aromatic nitrogens is 2. The molecular formula is C14H17N3O2. The maximum Gasteiger partial charge on any atom is 0.253 e. The van der Waals surface area contributed by atoms with Gasteiger partial charge in [-0.2, -0.15) is 0 Å². The zero-order chi connectivity index (χ0) is 12.9. The van der Waals surface area contributed by atoms with Gasteiger partial charge in [0.1, 0.15) is 5.75 Å². The van der Waals surface area contributed by atoms with Crippen LogP contribution in [0.3, 0.4) is 0 Å². The molecule has 5 heteroatoms. The van der Waals surface area contributed by atoms with Gasteiger partial charge < -0.3 is 14.5 Å². The first-order valence-corrected chi connectivity index (χ1v) is 6.62. The Bertz CT molecular complexity index is 506. The summed E-state index contributed by atoms with van der Waals surface area (Å²) in [5, 5.41) is 11.5. The summed E-state index contributed by atoms with van der Waals surface area (Å²) in [5.41, 5.74) is 0. The third-order valence-corrected chi connectivity index (χ3v) is 3.28. The molecule has 0 unspecified atom stereocenters. The van der Waals surface area contributed by atoms with Crippen LogP contribution < -0.4 is 10.1 Å². The molecule has 100 valence electrons. The Balaban J connectivity index is 1.58. The van der Waals surface area contributed by atoms with Gasteiger partial charge in [0.15, 0.2) is 6.61 Å². The number of nitrogens with zero attached hydrogens (tertiary/aromatic N) is 2. The van der Waals surface area contributed by atoms with Crippen molar-refractivity contribution in [2.45, 2.75) is 25.4 Å². The molecule has 1 aliphatic heterocycles. The largest absolute Gasteiger partial charge is 0.484 e. The summed E-state index contributed by atoms with van der Waals surface area (Å²) in [5.74, 6) is 2.48. The van der Waals surface area contributed by atoms with Crippen LogP contribution in [0.2, 0.25) is 0 Å². The number of para-hydroxylation sites is 1. The van der Waals surface area contributed by atoms with Crippen LogP contribution in [0.1, 0.15) is 30.5 Å². The van der Waals surface area contributed by atoms with E-state index in [0.29, 0.717) is 18.4 Å². The molecule has 2 heterocycles. The number of hydrogen-bond donors (Lipinski definition) is 1. The fourth-order valence-electron chi connectivity index (χ4n) is 2.22. The van der Waals surface area contributed by atoms with Crippen LogP contribution in [-0.4, -0.2) is 23.3 Å². The number of hydrogen-bond acceptors (Lipinski definition) is 5. The lowest BCUT2D eigenvalue weighted by Crippen LogP contribution is -2.26. The van der Waals surface area contributed by atoms with Crippen molar-refractivity contribution in [2.75, 3.05) is 13.1 Å². The third kappa shape index (κ3) is 3.12. The second-order valence-electron chi connectivity index (χ2n) is 4.66. The SMILES string of the molecule is c1ccc(OCc2nnc(C3CCNCC3)o2)cc1. The molecule has 1 fully saturated rings. The monoisotopic (exact) mass is 259 g/mol. The zero-order valence-electron chi connectivity index (χ0n) is 10.7. The van der Waals surface area contributed by atoms with E-state index < -0.39 is 0 Å². The molecule has 0 saturated carbocycles. The summed E-state index contributed by atoms with van der Waals surface area (Å²) in [4.78, 5) is 0. The molecule has 1 saturated heterocycles. The van der Waals surface area contributed by atoms with Crippen LogP contribution in [0.5, 0.6) is 5.75 Å². The Morgan fingerprint density at radius 3 is 2.74 bits per heavy atom. The fourth-order valence-corrected chi connectivity index (χ4v) is 2.22. The van der Waals surface area contributed by atoms with Gasteiger partial charge in [-0.1, -0.05) is 18.2 Å². The van der Waals surface area contributed by atoms with Crippen molar-refractivity contribution in [1.82, 2.24) is 15.5 Å². The average Bonchev–Trinajstić information content (AvgIpc) is 2.96.